The number of aryl methyl sites for hydroxylation is 2. The van der Waals surface area contributed by atoms with Crippen LogP contribution in [0.2, 0.25) is 0 Å². The van der Waals surface area contributed by atoms with Gasteiger partial charge in [0.2, 0.25) is 5.12 Å². The van der Waals surface area contributed by atoms with Crippen molar-refractivity contribution in [2.45, 2.75) is 23.6 Å². The van der Waals surface area contributed by atoms with E-state index in [0.29, 0.717) is 0 Å². The van der Waals surface area contributed by atoms with Crippen LogP contribution in [-0.2, 0) is 0 Å². The van der Waals surface area contributed by atoms with Crippen molar-refractivity contribution in [1.82, 2.24) is 0 Å². The van der Waals surface area contributed by atoms with Gasteiger partial charge in [-0.3, -0.25) is 4.79 Å². The van der Waals surface area contributed by atoms with Gasteiger partial charge >= 0.3 is 0 Å². The zero-order valence-electron chi connectivity index (χ0n) is 14.3. The molecule has 0 aliphatic heterocycles. The van der Waals surface area contributed by atoms with Crippen LogP contribution in [0.25, 0.3) is 0 Å². The molecule has 24 heavy (non-hydrogen) atoms. The fourth-order valence-electron chi connectivity index (χ4n) is 2.82. The van der Waals surface area contributed by atoms with E-state index < -0.39 is 10.0 Å². The van der Waals surface area contributed by atoms with Gasteiger partial charge in [-0.2, -0.15) is 0 Å². The van der Waals surface area contributed by atoms with Gasteiger partial charge in [-0.1, -0.05) is 54.6 Å². The van der Waals surface area contributed by atoms with Gasteiger partial charge in [0.25, 0.3) is 0 Å². The molecular weight excluding hydrogens is 312 g/mol. The van der Waals surface area contributed by atoms with Crippen molar-refractivity contribution in [2.24, 2.45) is 0 Å². The van der Waals surface area contributed by atoms with Crippen LogP contribution in [0.3, 0.4) is 0 Å². The van der Waals surface area contributed by atoms with Gasteiger partial charge in [-0.25, -0.2) is 0 Å². The van der Waals surface area contributed by atoms with E-state index in [1.54, 1.807) is 0 Å². The summed E-state index contributed by atoms with van der Waals surface area (Å²) in [6.45, 7) is 4.21. The van der Waals surface area contributed by atoms with Gasteiger partial charge in [0.15, 0.2) is 0 Å². The predicted molar refractivity (Wildman–Crippen MR) is 103 cm³/mol. The van der Waals surface area contributed by atoms with Gasteiger partial charge in [-0.05, 0) is 55.5 Å². The molecule has 0 saturated heterocycles. The molecule has 3 aromatic carbocycles. The summed E-state index contributed by atoms with van der Waals surface area (Å²) in [6, 6.07) is 26.2. The van der Waals surface area contributed by atoms with Crippen LogP contribution in [0, 0.1) is 13.8 Å². The van der Waals surface area contributed by atoms with E-state index in [9.17, 15) is 4.79 Å². The van der Waals surface area contributed by atoms with Crippen molar-refractivity contribution in [1.29, 1.82) is 0 Å². The van der Waals surface area contributed by atoms with Gasteiger partial charge < -0.3 is 0 Å². The van der Waals surface area contributed by atoms with Crippen LogP contribution in [-0.4, -0.2) is 11.4 Å². The molecule has 0 heterocycles. The predicted octanol–water partition coefficient (Wildman–Crippen LogP) is 6.00. The lowest BCUT2D eigenvalue weighted by Crippen LogP contribution is -2.13. The number of carbonyl (C=O) groups is 1. The first-order valence-electron chi connectivity index (χ1n) is 8.03. The summed E-state index contributed by atoms with van der Waals surface area (Å²) in [6.07, 6.45) is 2.11. The van der Waals surface area contributed by atoms with Crippen LogP contribution in [0.1, 0.15) is 21.5 Å². The Bertz CT molecular complexity index is 856. The highest BCUT2D eigenvalue weighted by Gasteiger charge is 2.32. The molecule has 0 fully saturated rings. The molecule has 1 unspecified atom stereocenters. The molecule has 0 aromatic heterocycles. The summed E-state index contributed by atoms with van der Waals surface area (Å²) in [5.41, 5.74) is 3.25. The molecular formula is C22H22OS. The minimum atomic E-state index is -1.81. The molecule has 0 radical (unpaired) electrons. The Kier molecular flexibility index (Phi) is 4.59. The maximum absolute atomic E-state index is 13.5. The second-order valence-electron chi connectivity index (χ2n) is 6.13. The number of carbonyl (C=O) groups excluding carboxylic acids is 1. The zero-order chi connectivity index (χ0) is 17.2. The lowest BCUT2D eigenvalue weighted by Gasteiger charge is -2.35. The van der Waals surface area contributed by atoms with Crippen LogP contribution < -0.4 is 0 Å². The van der Waals surface area contributed by atoms with E-state index in [-0.39, 0.29) is 5.12 Å². The van der Waals surface area contributed by atoms with Gasteiger partial charge in [0, 0.05) is 15.4 Å². The third-order valence-electron chi connectivity index (χ3n) is 4.54. The van der Waals surface area contributed by atoms with Gasteiger partial charge in [0.05, 0.1) is 0 Å². The summed E-state index contributed by atoms with van der Waals surface area (Å²) in [5.74, 6) is 0. The zero-order valence-corrected chi connectivity index (χ0v) is 15.1. The van der Waals surface area contributed by atoms with Crippen LogP contribution in [0.4, 0.5) is 0 Å². The van der Waals surface area contributed by atoms with Crippen molar-refractivity contribution >= 4 is 15.1 Å². The largest absolute Gasteiger partial charge is 0.283 e. The van der Waals surface area contributed by atoms with E-state index in [1.165, 1.54) is 11.1 Å². The molecule has 1 nitrogen and oxygen atoms in total. The minimum absolute atomic E-state index is 0.206. The molecule has 0 amide bonds. The normalized spacial score (nSPS) is 14.6. The molecule has 0 bridgehead atoms. The van der Waals surface area contributed by atoms with Crippen molar-refractivity contribution in [3.05, 3.63) is 95.6 Å². The monoisotopic (exact) mass is 334 g/mol. The molecule has 2 heteroatoms. The summed E-state index contributed by atoms with van der Waals surface area (Å²) < 4.78 is 0. The topological polar surface area (TPSA) is 17.1 Å². The van der Waals surface area contributed by atoms with E-state index in [2.05, 4.69) is 50.4 Å². The first kappa shape index (κ1) is 16.5. The van der Waals surface area contributed by atoms with Crippen molar-refractivity contribution < 1.29 is 4.79 Å². The van der Waals surface area contributed by atoms with Gasteiger partial charge in [-0.15, -0.1) is 10.0 Å². The van der Waals surface area contributed by atoms with Crippen molar-refractivity contribution in [2.75, 3.05) is 6.26 Å². The fourth-order valence-corrected chi connectivity index (χ4v) is 5.58. The quantitative estimate of drug-likeness (QED) is 0.574. The summed E-state index contributed by atoms with van der Waals surface area (Å²) in [5, 5.41) is 0.206. The fraction of sp³-hybridized carbons (Fsp3) is 0.136. The summed E-state index contributed by atoms with van der Waals surface area (Å²) in [7, 11) is -1.81. The van der Waals surface area contributed by atoms with E-state index in [0.717, 1.165) is 15.4 Å². The summed E-state index contributed by atoms with van der Waals surface area (Å²) >= 11 is 0. The van der Waals surface area contributed by atoms with Crippen LogP contribution >= 0.6 is 10.0 Å². The smallest absolute Gasteiger partial charge is 0.210 e. The molecule has 0 aliphatic carbocycles. The van der Waals surface area contributed by atoms with E-state index >= 15 is 0 Å². The Hall–Kier alpha value is -2.32. The highest BCUT2D eigenvalue weighted by molar-refractivity contribution is 8.45. The highest BCUT2D eigenvalue weighted by atomic mass is 32.3. The number of rotatable bonds is 3. The Morgan fingerprint density at radius 1 is 0.708 bits per heavy atom. The van der Waals surface area contributed by atoms with E-state index in [4.69, 9.17) is 0 Å². The van der Waals surface area contributed by atoms with Crippen LogP contribution in [0.5, 0.6) is 0 Å². The molecule has 0 aliphatic rings. The van der Waals surface area contributed by atoms with Crippen molar-refractivity contribution in [3.63, 3.8) is 0 Å². The van der Waals surface area contributed by atoms with Gasteiger partial charge in [0.1, 0.15) is 0 Å². The standard InChI is InChI=1S/C22H22OS/c1-17-14-15-21(16-18(17)2)24(3,20-12-8-5-9-13-20)22(23)19-10-6-4-7-11-19/h4-16H,1-3H3. The average Bonchev–Trinajstić information content (AvgIpc) is 2.64. The molecule has 0 saturated carbocycles. The summed E-state index contributed by atoms with van der Waals surface area (Å²) in [4.78, 5) is 15.7. The Balaban J connectivity index is 2.21. The molecule has 1 atom stereocenters. The number of hydrogen-bond donors (Lipinski definition) is 0. The average molecular weight is 334 g/mol. The SMILES string of the molecule is Cc1ccc(S(C)(C(=O)c2ccccc2)c2ccccc2)cc1C. The second kappa shape index (κ2) is 6.66. The lowest BCUT2D eigenvalue weighted by molar-refractivity contribution is 0.108. The molecule has 3 rings (SSSR count). The van der Waals surface area contributed by atoms with E-state index in [1.807, 2.05) is 48.5 Å². The second-order valence-corrected chi connectivity index (χ2v) is 9.28. The number of benzene rings is 3. The molecule has 3 aromatic rings. The van der Waals surface area contributed by atoms with Crippen molar-refractivity contribution in [3.8, 4) is 0 Å². The highest BCUT2D eigenvalue weighted by Crippen LogP contribution is 2.61. The molecule has 0 spiro atoms. The molecule has 122 valence electrons. The first-order valence-corrected chi connectivity index (χ1v) is 10.1. The molecule has 0 N–H and O–H groups in total. The third-order valence-corrected chi connectivity index (χ3v) is 7.93. The van der Waals surface area contributed by atoms with Crippen LogP contribution in [0.15, 0.2) is 88.7 Å². The maximum Gasteiger partial charge on any atom is 0.210 e. The lowest BCUT2D eigenvalue weighted by atomic mass is 10.1. The first-order chi connectivity index (χ1) is 11.5. The minimum Gasteiger partial charge on any atom is -0.283 e. The number of hydrogen-bond acceptors (Lipinski definition) is 1. The maximum atomic E-state index is 13.5. The Labute approximate surface area is 145 Å². The Morgan fingerprint density at radius 3 is 1.88 bits per heavy atom. The third kappa shape index (κ3) is 2.90. The Morgan fingerprint density at radius 2 is 1.29 bits per heavy atom.